The Hall–Kier alpha value is -3.19. The van der Waals surface area contributed by atoms with Gasteiger partial charge in [0.05, 0.1) is 5.69 Å². The van der Waals surface area contributed by atoms with Crippen LogP contribution in [0.15, 0.2) is 66.9 Å². The lowest BCUT2D eigenvalue weighted by Crippen LogP contribution is -2.12. The minimum Gasteiger partial charge on any atom is -0.480 e. The molecule has 0 amide bonds. The lowest BCUT2D eigenvalue weighted by Gasteiger charge is -2.17. The van der Waals surface area contributed by atoms with Gasteiger partial charge in [0, 0.05) is 11.9 Å². The van der Waals surface area contributed by atoms with Gasteiger partial charge < -0.3 is 10.2 Å². The van der Waals surface area contributed by atoms with Crippen molar-refractivity contribution < 1.29 is 19.8 Å². The largest absolute Gasteiger partial charge is 0.480 e. The molecule has 1 aromatic heterocycles. The second-order valence-corrected chi connectivity index (χ2v) is 9.61. The molecule has 1 atom stereocenters. The molecule has 0 saturated carbocycles. The number of carboxylic acid groups (broad SMARTS) is 2. The average molecular weight is 493 g/mol. The van der Waals surface area contributed by atoms with Gasteiger partial charge in [0.15, 0.2) is 0 Å². The molecule has 0 fully saturated rings. The summed E-state index contributed by atoms with van der Waals surface area (Å²) in [4.78, 5) is 30.9. The van der Waals surface area contributed by atoms with E-state index < -0.39 is 17.2 Å². The third-order valence-corrected chi connectivity index (χ3v) is 7.12. The Bertz CT molecular complexity index is 1090. The predicted molar refractivity (Wildman–Crippen MR) is 139 cm³/mol. The number of rotatable bonds is 15. The molecule has 35 heavy (non-hydrogen) atoms. The molecular weight excluding hydrogens is 460 g/mol. The molecule has 3 aromatic rings. The highest BCUT2D eigenvalue weighted by Gasteiger charge is 2.23. The number of aromatic carboxylic acids is 1. The van der Waals surface area contributed by atoms with Gasteiger partial charge in [-0.15, -0.1) is 11.8 Å². The van der Waals surface area contributed by atoms with Crippen LogP contribution in [-0.2, 0) is 23.4 Å². The summed E-state index contributed by atoms with van der Waals surface area (Å²) < 4.78 is 0. The van der Waals surface area contributed by atoms with Crippen molar-refractivity contribution >= 4 is 23.7 Å². The van der Waals surface area contributed by atoms with Gasteiger partial charge in [-0.25, -0.2) is 14.8 Å². The van der Waals surface area contributed by atoms with E-state index in [0.29, 0.717) is 5.69 Å². The van der Waals surface area contributed by atoms with Crippen molar-refractivity contribution in [2.75, 3.05) is 0 Å². The highest BCUT2D eigenvalue weighted by molar-refractivity contribution is 7.99. The van der Waals surface area contributed by atoms with E-state index in [2.05, 4.69) is 34.2 Å². The molecule has 6 nitrogen and oxygen atoms in total. The van der Waals surface area contributed by atoms with Crippen LogP contribution in [0.3, 0.4) is 0 Å². The second kappa shape index (κ2) is 14.3. The quantitative estimate of drug-likeness (QED) is 0.238. The summed E-state index contributed by atoms with van der Waals surface area (Å²) in [5, 5.41) is 18.2. The minimum absolute atomic E-state index is 0.282. The minimum atomic E-state index is -1.20. The normalized spacial score (nSPS) is 11.8. The fraction of sp³-hybridized carbons (Fsp3) is 0.357. The number of hydrogen-bond acceptors (Lipinski definition) is 5. The maximum Gasteiger partial charge on any atom is 0.373 e. The SMILES string of the molecule is O=C(O)c1nccc(CSC(C(=O)O)c2ccccc2CCCCCCCCc2ccccc2)n1. The van der Waals surface area contributed by atoms with Crippen LogP contribution in [0.1, 0.15) is 76.8 Å². The number of hydrogen-bond donors (Lipinski definition) is 2. The van der Waals surface area contributed by atoms with Crippen LogP contribution in [0, 0.1) is 0 Å². The first-order valence-electron chi connectivity index (χ1n) is 12.1. The zero-order valence-electron chi connectivity index (χ0n) is 19.8. The molecular formula is C28H32N2O4S. The van der Waals surface area contributed by atoms with Gasteiger partial charge in [0.2, 0.25) is 5.82 Å². The van der Waals surface area contributed by atoms with Crippen molar-refractivity contribution in [1.82, 2.24) is 9.97 Å². The Morgan fingerprint density at radius 3 is 2.17 bits per heavy atom. The number of unbranched alkanes of at least 4 members (excludes halogenated alkanes) is 5. The number of aromatic nitrogens is 2. The zero-order chi connectivity index (χ0) is 24.9. The maximum atomic E-state index is 12.1. The molecule has 1 heterocycles. The fourth-order valence-electron chi connectivity index (χ4n) is 4.06. The van der Waals surface area contributed by atoms with Gasteiger partial charge in [-0.1, -0.05) is 80.3 Å². The topological polar surface area (TPSA) is 100 Å². The summed E-state index contributed by atoms with van der Waals surface area (Å²) in [6.45, 7) is 0. The Morgan fingerprint density at radius 1 is 0.800 bits per heavy atom. The Balaban J connectivity index is 1.46. The highest BCUT2D eigenvalue weighted by Crippen LogP contribution is 2.34. The maximum absolute atomic E-state index is 12.1. The van der Waals surface area contributed by atoms with Crippen molar-refractivity contribution in [2.45, 2.75) is 62.4 Å². The van der Waals surface area contributed by atoms with Gasteiger partial charge in [0.1, 0.15) is 5.25 Å². The van der Waals surface area contributed by atoms with Gasteiger partial charge in [-0.3, -0.25) is 4.79 Å². The number of benzene rings is 2. The van der Waals surface area contributed by atoms with E-state index in [0.717, 1.165) is 36.8 Å². The molecule has 0 radical (unpaired) electrons. The van der Waals surface area contributed by atoms with E-state index in [1.54, 1.807) is 6.07 Å². The summed E-state index contributed by atoms with van der Waals surface area (Å²) in [5.41, 5.74) is 3.76. The van der Waals surface area contributed by atoms with E-state index >= 15 is 0 Å². The molecule has 3 rings (SSSR count). The monoisotopic (exact) mass is 492 g/mol. The Labute approximate surface area is 210 Å². The number of nitrogens with zero attached hydrogens (tertiary/aromatic N) is 2. The molecule has 1 unspecified atom stereocenters. The number of aryl methyl sites for hydroxylation is 2. The first-order chi connectivity index (χ1) is 17.0. The van der Waals surface area contributed by atoms with E-state index in [9.17, 15) is 14.7 Å². The molecule has 2 aromatic carbocycles. The molecule has 0 aliphatic heterocycles. The zero-order valence-corrected chi connectivity index (χ0v) is 20.6. The third kappa shape index (κ3) is 8.83. The summed E-state index contributed by atoms with van der Waals surface area (Å²) in [6.07, 6.45) is 10.4. The molecule has 0 aliphatic carbocycles. The van der Waals surface area contributed by atoms with Gasteiger partial charge >= 0.3 is 11.9 Å². The van der Waals surface area contributed by atoms with Gasteiger partial charge in [-0.2, -0.15) is 0 Å². The number of aliphatic carboxylic acids is 1. The second-order valence-electron chi connectivity index (χ2n) is 8.51. The van der Waals surface area contributed by atoms with Crippen molar-refractivity contribution in [3.8, 4) is 0 Å². The fourth-order valence-corrected chi connectivity index (χ4v) is 5.11. The standard InChI is InChI=1S/C28H32N2O4S/c31-27(32)25(35-20-23-18-19-29-26(30-23)28(33)34)24-17-11-10-16-22(24)15-9-4-2-1-3-6-12-21-13-7-5-8-14-21/h5,7-8,10-11,13-14,16-19,25H,1-4,6,9,12,15,20H2,(H,31,32)(H,33,34). The van der Waals surface area contributed by atoms with Crippen LogP contribution in [0.2, 0.25) is 0 Å². The molecule has 0 saturated heterocycles. The van der Waals surface area contributed by atoms with Crippen molar-refractivity contribution in [3.05, 3.63) is 95.1 Å². The molecule has 0 spiro atoms. The van der Waals surface area contributed by atoms with Crippen LogP contribution < -0.4 is 0 Å². The van der Waals surface area contributed by atoms with Crippen LogP contribution in [0.5, 0.6) is 0 Å². The lowest BCUT2D eigenvalue weighted by atomic mass is 9.98. The number of carbonyl (C=O) groups is 2. The number of thioether (sulfide) groups is 1. The third-order valence-electron chi connectivity index (χ3n) is 5.87. The summed E-state index contributed by atoms with van der Waals surface area (Å²) >= 11 is 1.24. The van der Waals surface area contributed by atoms with E-state index in [1.807, 2.05) is 30.3 Å². The van der Waals surface area contributed by atoms with Crippen LogP contribution >= 0.6 is 11.8 Å². The van der Waals surface area contributed by atoms with Crippen molar-refractivity contribution in [3.63, 3.8) is 0 Å². The summed E-state index contributed by atoms with van der Waals surface area (Å²) in [7, 11) is 0. The first kappa shape index (κ1) is 26.4. The van der Waals surface area contributed by atoms with Crippen LogP contribution in [-0.4, -0.2) is 32.1 Å². The van der Waals surface area contributed by atoms with Crippen LogP contribution in [0.4, 0.5) is 0 Å². The first-order valence-corrected chi connectivity index (χ1v) is 13.1. The number of carboxylic acids is 2. The van der Waals surface area contributed by atoms with Crippen molar-refractivity contribution in [1.29, 1.82) is 0 Å². The predicted octanol–water partition coefficient (Wildman–Crippen LogP) is 6.36. The lowest BCUT2D eigenvalue weighted by molar-refractivity contribution is -0.136. The van der Waals surface area contributed by atoms with E-state index in [4.69, 9.17) is 5.11 Å². The van der Waals surface area contributed by atoms with Gasteiger partial charge in [-0.05, 0) is 48.4 Å². The summed E-state index contributed by atoms with van der Waals surface area (Å²) in [6, 6.07) is 19.9. The van der Waals surface area contributed by atoms with E-state index in [1.165, 1.54) is 49.2 Å². The molecule has 0 aliphatic rings. The smallest absolute Gasteiger partial charge is 0.373 e. The Kier molecular flexibility index (Phi) is 10.8. The van der Waals surface area contributed by atoms with Crippen molar-refractivity contribution in [2.24, 2.45) is 0 Å². The summed E-state index contributed by atoms with van der Waals surface area (Å²) in [5.74, 6) is -2.10. The van der Waals surface area contributed by atoms with E-state index in [-0.39, 0.29) is 11.6 Å². The Morgan fingerprint density at radius 2 is 1.46 bits per heavy atom. The molecule has 7 heteroatoms. The molecule has 184 valence electrons. The molecule has 0 bridgehead atoms. The highest BCUT2D eigenvalue weighted by atomic mass is 32.2. The molecule has 2 N–H and O–H groups in total. The average Bonchev–Trinajstić information content (AvgIpc) is 2.87. The van der Waals surface area contributed by atoms with Gasteiger partial charge in [0.25, 0.3) is 0 Å². The van der Waals surface area contributed by atoms with Crippen LogP contribution in [0.25, 0.3) is 0 Å².